The van der Waals surface area contributed by atoms with Gasteiger partial charge in [-0.05, 0) is 67.6 Å². The predicted octanol–water partition coefficient (Wildman–Crippen LogP) is 4.15. The number of halogens is 1. The van der Waals surface area contributed by atoms with Crippen LogP contribution in [0.2, 0.25) is 0 Å². The zero-order chi connectivity index (χ0) is 15.1. The van der Waals surface area contributed by atoms with Crippen LogP contribution in [-0.2, 0) is 12.8 Å². The second-order valence-electron chi connectivity index (χ2n) is 5.64. The van der Waals surface area contributed by atoms with E-state index in [4.69, 9.17) is 0 Å². The van der Waals surface area contributed by atoms with Crippen LogP contribution in [-0.4, -0.2) is 13.1 Å². The molecule has 0 amide bonds. The fraction of sp³-hybridized carbons (Fsp3) is 0.368. The lowest BCUT2D eigenvalue weighted by Crippen LogP contribution is -2.26. The third-order valence-corrected chi connectivity index (χ3v) is 3.87. The van der Waals surface area contributed by atoms with Gasteiger partial charge in [-0.2, -0.15) is 0 Å². The SMILES string of the molecule is CCNCC(Cc1cccc(F)c1)Cc1ccccc1C. The molecule has 21 heavy (non-hydrogen) atoms. The van der Waals surface area contributed by atoms with E-state index in [1.807, 2.05) is 6.07 Å². The third-order valence-electron chi connectivity index (χ3n) is 3.87. The van der Waals surface area contributed by atoms with Gasteiger partial charge in [-0.25, -0.2) is 4.39 Å². The van der Waals surface area contributed by atoms with Crippen LogP contribution < -0.4 is 5.32 Å². The highest BCUT2D eigenvalue weighted by Gasteiger charge is 2.12. The van der Waals surface area contributed by atoms with Crippen LogP contribution in [0.4, 0.5) is 4.39 Å². The van der Waals surface area contributed by atoms with Gasteiger partial charge in [0.25, 0.3) is 0 Å². The maximum atomic E-state index is 13.3. The Labute approximate surface area is 127 Å². The molecule has 0 heterocycles. The summed E-state index contributed by atoms with van der Waals surface area (Å²) in [5, 5.41) is 3.43. The van der Waals surface area contributed by atoms with Gasteiger partial charge in [-0.3, -0.25) is 0 Å². The van der Waals surface area contributed by atoms with Gasteiger partial charge in [0.15, 0.2) is 0 Å². The highest BCUT2D eigenvalue weighted by molar-refractivity contribution is 5.26. The molecule has 1 N–H and O–H groups in total. The lowest BCUT2D eigenvalue weighted by molar-refractivity contribution is 0.476. The first-order valence-electron chi connectivity index (χ1n) is 7.68. The van der Waals surface area contributed by atoms with E-state index in [9.17, 15) is 4.39 Å². The Hall–Kier alpha value is -1.67. The highest BCUT2D eigenvalue weighted by atomic mass is 19.1. The zero-order valence-corrected chi connectivity index (χ0v) is 12.9. The Morgan fingerprint density at radius 2 is 1.86 bits per heavy atom. The van der Waals surface area contributed by atoms with Crippen LogP contribution in [0, 0.1) is 18.7 Å². The molecule has 2 heteroatoms. The van der Waals surface area contributed by atoms with E-state index in [2.05, 4.69) is 43.4 Å². The molecule has 0 radical (unpaired) electrons. The van der Waals surface area contributed by atoms with Gasteiger partial charge >= 0.3 is 0 Å². The summed E-state index contributed by atoms with van der Waals surface area (Å²) in [6.45, 7) is 6.20. The average molecular weight is 285 g/mol. The molecule has 2 aromatic carbocycles. The van der Waals surface area contributed by atoms with Crippen LogP contribution in [0.3, 0.4) is 0 Å². The quantitative estimate of drug-likeness (QED) is 0.806. The van der Waals surface area contributed by atoms with Crippen molar-refractivity contribution in [3.63, 3.8) is 0 Å². The Morgan fingerprint density at radius 3 is 2.57 bits per heavy atom. The number of nitrogens with one attached hydrogen (secondary N) is 1. The smallest absolute Gasteiger partial charge is 0.123 e. The van der Waals surface area contributed by atoms with Crippen molar-refractivity contribution < 1.29 is 4.39 Å². The van der Waals surface area contributed by atoms with Crippen molar-refractivity contribution in [3.05, 3.63) is 71.0 Å². The first-order valence-corrected chi connectivity index (χ1v) is 7.68. The standard InChI is InChI=1S/C19H24FN/c1-3-21-14-17(11-16-8-6-10-19(20)13-16)12-18-9-5-4-7-15(18)2/h4-10,13,17,21H,3,11-12,14H2,1-2H3. The van der Waals surface area contributed by atoms with E-state index in [0.717, 1.165) is 31.5 Å². The number of hydrogen-bond acceptors (Lipinski definition) is 1. The van der Waals surface area contributed by atoms with E-state index in [1.54, 1.807) is 12.1 Å². The van der Waals surface area contributed by atoms with E-state index < -0.39 is 0 Å². The van der Waals surface area contributed by atoms with Gasteiger partial charge in [0.05, 0.1) is 0 Å². The molecule has 112 valence electrons. The monoisotopic (exact) mass is 285 g/mol. The second-order valence-corrected chi connectivity index (χ2v) is 5.64. The van der Waals surface area contributed by atoms with Crippen molar-refractivity contribution >= 4 is 0 Å². The fourth-order valence-corrected chi connectivity index (χ4v) is 2.71. The summed E-state index contributed by atoms with van der Waals surface area (Å²) in [6, 6.07) is 15.5. The molecule has 0 fully saturated rings. The molecule has 0 saturated carbocycles. The predicted molar refractivity (Wildman–Crippen MR) is 87.0 cm³/mol. The summed E-state index contributed by atoms with van der Waals surface area (Å²) < 4.78 is 13.3. The van der Waals surface area contributed by atoms with E-state index in [0.29, 0.717) is 5.92 Å². The van der Waals surface area contributed by atoms with Gasteiger partial charge < -0.3 is 5.32 Å². The molecule has 0 saturated heterocycles. The van der Waals surface area contributed by atoms with Crippen LogP contribution >= 0.6 is 0 Å². The lowest BCUT2D eigenvalue weighted by atomic mass is 9.90. The maximum absolute atomic E-state index is 13.3. The summed E-state index contributed by atoms with van der Waals surface area (Å²) in [7, 11) is 0. The van der Waals surface area contributed by atoms with Gasteiger partial charge in [-0.15, -0.1) is 0 Å². The fourth-order valence-electron chi connectivity index (χ4n) is 2.71. The lowest BCUT2D eigenvalue weighted by Gasteiger charge is -2.19. The molecule has 0 spiro atoms. The Morgan fingerprint density at radius 1 is 1.05 bits per heavy atom. The summed E-state index contributed by atoms with van der Waals surface area (Å²) in [5.74, 6) is 0.332. The van der Waals surface area contributed by atoms with Gasteiger partial charge in [0, 0.05) is 0 Å². The summed E-state index contributed by atoms with van der Waals surface area (Å²) in [5.41, 5.74) is 3.79. The topological polar surface area (TPSA) is 12.0 Å². The summed E-state index contributed by atoms with van der Waals surface area (Å²) >= 11 is 0. The van der Waals surface area contributed by atoms with Crippen LogP contribution in [0.1, 0.15) is 23.6 Å². The number of benzene rings is 2. The molecule has 2 aromatic rings. The molecule has 1 nitrogen and oxygen atoms in total. The molecule has 0 aliphatic rings. The molecule has 2 rings (SSSR count). The van der Waals surface area contributed by atoms with E-state index >= 15 is 0 Å². The highest BCUT2D eigenvalue weighted by Crippen LogP contribution is 2.17. The zero-order valence-electron chi connectivity index (χ0n) is 12.9. The molecule has 1 atom stereocenters. The molecule has 1 unspecified atom stereocenters. The van der Waals surface area contributed by atoms with Crippen molar-refractivity contribution in [1.29, 1.82) is 0 Å². The minimum Gasteiger partial charge on any atom is -0.317 e. The minimum atomic E-state index is -0.148. The van der Waals surface area contributed by atoms with E-state index in [1.165, 1.54) is 17.2 Å². The normalized spacial score (nSPS) is 12.3. The maximum Gasteiger partial charge on any atom is 0.123 e. The van der Waals surface area contributed by atoms with Crippen molar-refractivity contribution in [3.8, 4) is 0 Å². The molecule has 0 aliphatic carbocycles. The van der Waals surface area contributed by atoms with Crippen LogP contribution in [0.15, 0.2) is 48.5 Å². The summed E-state index contributed by atoms with van der Waals surface area (Å²) in [6.07, 6.45) is 1.93. The van der Waals surface area contributed by atoms with Crippen molar-refractivity contribution in [1.82, 2.24) is 5.32 Å². The largest absolute Gasteiger partial charge is 0.317 e. The van der Waals surface area contributed by atoms with Crippen molar-refractivity contribution in [2.45, 2.75) is 26.7 Å². The third kappa shape index (κ3) is 4.98. The second kappa shape index (κ2) is 7.94. The Balaban J connectivity index is 2.09. The van der Waals surface area contributed by atoms with Crippen LogP contribution in [0.5, 0.6) is 0 Å². The van der Waals surface area contributed by atoms with Gasteiger partial charge in [0.2, 0.25) is 0 Å². The Kier molecular flexibility index (Phi) is 5.94. The van der Waals surface area contributed by atoms with Gasteiger partial charge in [-0.1, -0.05) is 43.3 Å². The molecule has 0 bridgehead atoms. The number of rotatable bonds is 7. The molecular weight excluding hydrogens is 261 g/mol. The summed E-state index contributed by atoms with van der Waals surface area (Å²) in [4.78, 5) is 0. The molecule has 0 aliphatic heterocycles. The van der Waals surface area contributed by atoms with Gasteiger partial charge in [0.1, 0.15) is 5.82 Å². The molecular formula is C19H24FN. The first kappa shape index (κ1) is 15.7. The van der Waals surface area contributed by atoms with Crippen molar-refractivity contribution in [2.24, 2.45) is 5.92 Å². The molecule has 0 aromatic heterocycles. The minimum absolute atomic E-state index is 0.148. The first-order chi connectivity index (χ1) is 10.2. The average Bonchev–Trinajstić information content (AvgIpc) is 2.47. The number of hydrogen-bond donors (Lipinski definition) is 1. The Bertz CT molecular complexity index is 565. The van der Waals surface area contributed by atoms with E-state index in [-0.39, 0.29) is 5.82 Å². The van der Waals surface area contributed by atoms with Crippen LogP contribution in [0.25, 0.3) is 0 Å². The van der Waals surface area contributed by atoms with Crippen molar-refractivity contribution in [2.75, 3.05) is 13.1 Å². The number of aryl methyl sites for hydroxylation is 1.